The molecular formula is C28H26FN5O4. The van der Waals surface area contributed by atoms with E-state index in [-0.39, 0.29) is 11.7 Å². The van der Waals surface area contributed by atoms with Gasteiger partial charge in [-0.1, -0.05) is 12.1 Å². The second-order valence-corrected chi connectivity index (χ2v) is 8.54. The zero-order chi connectivity index (χ0) is 26.8. The Bertz CT molecular complexity index is 1530. The number of carbonyl (C=O) groups excluding carboxylic acids is 1. The zero-order valence-electron chi connectivity index (χ0n) is 21.3. The highest BCUT2D eigenvalue weighted by Gasteiger charge is 2.36. The molecule has 3 aromatic carbocycles. The molecule has 1 amide bonds. The van der Waals surface area contributed by atoms with Gasteiger partial charge < -0.3 is 24.8 Å². The van der Waals surface area contributed by atoms with Crippen molar-refractivity contribution in [3.05, 3.63) is 89.4 Å². The largest absolute Gasteiger partial charge is 0.497 e. The fraction of sp³-hybridized carbons (Fsp3) is 0.179. The summed E-state index contributed by atoms with van der Waals surface area (Å²) in [6, 6.07) is 17.8. The highest BCUT2D eigenvalue weighted by atomic mass is 19.1. The number of anilines is 2. The quantitative estimate of drug-likeness (QED) is 0.356. The molecule has 5 rings (SSSR count). The van der Waals surface area contributed by atoms with E-state index in [0.717, 1.165) is 0 Å². The Labute approximate surface area is 218 Å². The van der Waals surface area contributed by atoms with Crippen molar-refractivity contribution in [2.75, 3.05) is 32.0 Å². The van der Waals surface area contributed by atoms with E-state index in [4.69, 9.17) is 19.3 Å². The van der Waals surface area contributed by atoms with Gasteiger partial charge in [-0.05, 0) is 55.5 Å². The Morgan fingerprint density at radius 3 is 2.42 bits per heavy atom. The Morgan fingerprint density at radius 1 is 0.974 bits per heavy atom. The van der Waals surface area contributed by atoms with Crippen molar-refractivity contribution < 1.29 is 23.4 Å². The van der Waals surface area contributed by atoms with Crippen LogP contribution in [0.25, 0.3) is 11.4 Å². The molecule has 10 heteroatoms. The lowest BCUT2D eigenvalue weighted by molar-refractivity contribution is -0.113. The summed E-state index contributed by atoms with van der Waals surface area (Å²) in [5.41, 5.74) is 2.83. The topological polar surface area (TPSA) is 99.5 Å². The maximum atomic E-state index is 13.8. The molecule has 194 valence electrons. The molecule has 1 aliphatic rings. The van der Waals surface area contributed by atoms with Crippen molar-refractivity contribution >= 4 is 17.5 Å². The number of halogens is 1. The fourth-order valence-electron chi connectivity index (χ4n) is 4.44. The van der Waals surface area contributed by atoms with Gasteiger partial charge >= 0.3 is 0 Å². The second-order valence-electron chi connectivity index (χ2n) is 8.54. The van der Waals surface area contributed by atoms with Crippen molar-refractivity contribution in [3.63, 3.8) is 0 Å². The molecule has 0 saturated heterocycles. The van der Waals surface area contributed by atoms with Gasteiger partial charge in [0.1, 0.15) is 29.1 Å². The molecule has 1 atom stereocenters. The number of methoxy groups -OCH3 is 3. The molecule has 38 heavy (non-hydrogen) atoms. The summed E-state index contributed by atoms with van der Waals surface area (Å²) in [6.45, 7) is 1.80. The summed E-state index contributed by atoms with van der Waals surface area (Å²) in [5.74, 6) is 1.74. The van der Waals surface area contributed by atoms with Crippen molar-refractivity contribution in [2.24, 2.45) is 0 Å². The Morgan fingerprint density at radius 2 is 1.71 bits per heavy atom. The number of ether oxygens (including phenoxy) is 3. The molecule has 4 aromatic rings. The van der Waals surface area contributed by atoms with E-state index in [1.807, 2.05) is 18.2 Å². The number of nitrogens with zero attached hydrogens (tertiary/aromatic N) is 3. The SMILES string of the molecule is COc1ccc(C2C(C(=O)Nc3ccccc3OC)=C(C)Nc3nc(-c4ccc(F)cc4)nn32)c(OC)c1. The number of hydrogen-bond acceptors (Lipinski definition) is 7. The molecule has 2 heterocycles. The van der Waals surface area contributed by atoms with Crippen LogP contribution in [0.5, 0.6) is 17.2 Å². The van der Waals surface area contributed by atoms with Gasteiger partial charge in [-0.3, -0.25) is 4.79 Å². The maximum Gasteiger partial charge on any atom is 0.255 e. The number of hydrogen-bond donors (Lipinski definition) is 2. The maximum absolute atomic E-state index is 13.8. The normalized spacial score (nSPS) is 14.4. The van der Waals surface area contributed by atoms with E-state index in [9.17, 15) is 9.18 Å². The minimum atomic E-state index is -0.705. The van der Waals surface area contributed by atoms with Crippen molar-refractivity contribution in [1.29, 1.82) is 0 Å². The van der Waals surface area contributed by atoms with Crippen LogP contribution in [-0.4, -0.2) is 42.0 Å². The average Bonchev–Trinajstić information content (AvgIpc) is 3.36. The number of fused-ring (bicyclic) bond motifs is 1. The summed E-state index contributed by atoms with van der Waals surface area (Å²) >= 11 is 0. The van der Waals surface area contributed by atoms with Gasteiger partial charge in [-0.25, -0.2) is 9.07 Å². The van der Waals surface area contributed by atoms with Crippen LogP contribution in [0.3, 0.4) is 0 Å². The predicted molar refractivity (Wildman–Crippen MR) is 141 cm³/mol. The first kappa shape index (κ1) is 24.8. The van der Waals surface area contributed by atoms with Gasteiger partial charge in [0, 0.05) is 22.9 Å². The van der Waals surface area contributed by atoms with Crippen LogP contribution in [0.15, 0.2) is 78.0 Å². The van der Waals surface area contributed by atoms with Crippen LogP contribution in [-0.2, 0) is 4.79 Å². The molecule has 1 aromatic heterocycles. The van der Waals surface area contributed by atoms with Crippen LogP contribution in [0.1, 0.15) is 18.5 Å². The molecule has 0 aliphatic carbocycles. The van der Waals surface area contributed by atoms with E-state index in [1.165, 1.54) is 12.1 Å². The monoisotopic (exact) mass is 515 g/mol. The third kappa shape index (κ3) is 4.52. The summed E-state index contributed by atoms with van der Waals surface area (Å²) in [7, 11) is 4.66. The second kappa shape index (κ2) is 10.3. The number of rotatable bonds is 7. The van der Waals surface area contributed by atoms with Crippen molar-refractivity contribution in [2.45, 2.75) is 13.0 Å². The van der Waals surface area contributed by atoms with Crippen LogP contribution >= 0.6 is 0 Å². The molecule has 0 fully saturated rings. The lowest BCUT2D eigenvalue weighted by atomic mass is 9.94. The number of aromatic nitrogens is 3. The molecule has 2 N–H and O–H groups in total. The molecule has 0 saturated carbocycles. The van der Waals surface area contributed by atoms with Crippen molar-refractivity contribution in [3.8, 4) is 28.6 Å². The van der Waals surface area contributed by atoms with Crippen LogP contribution < -0.4 is 24.8 Å². The lowest BCUT2D eigenvalue weighted by Crippen LogP contribution is -2.31. The third-order valence-electron chi connectivity index (χ3n) is 6.29. The van der Waals surface area contributed by atoms with E-state index in [1.54, 1.807) is 69.3 Å². The minimum absolute atomic E-state index is 0.355. The highest BCUT2D eigenvalue weighted by Crippen LogP contribution is 2.41. The Kier molecular flexibility index (Phi) is 6.69. The number of carbonyl (C=O) groups is 1. The Balaban J connectivity index is 1.64. The molecule has 1 unspecified atom stereocenters. The van der Waals surface area contributed by atoms with Crippen LogP contribution in [0, 0.1) is 5.82 Å². The fourth-order valence-corrected chi connectivity index (χ4v) is 4.44. The smallest absolute Gasteiger partial charge is 0.255 e. The van der Waals surface area contributed by atoms with Gasteiger partial charge in [0.25, 0.3) is 5.91 Å². The number of allylic oxidation sites excluding steroid dienone is 1. The first-order valence-electron chi connectivity index (χ1n) is 11.8. The summed E-state index contributed by atoms with van der Waals surface area (Å²) < 4.78 is 31.7. The standard InChI is InChI=1S/C28H26FN5O4/c1-16-24(27(35)31-21-7-5-6-8-22(21)37-3)25(20-14-13-19(36-2)15-23(20)38-4)34-28(30-16)32-26(33-34)17-9-11-18(29)12-10-17/h5-15,25H,1-4H3,(H,31,35)(H,30,32,33). The van der Waals surface area contributed by atoms with Gasteiger partial charge in [-0.15, -0.1) is 5.10 Å². The van der Waals surface area contributed by atoms with E-state index in [0.29, 0.717) is 57.1 Å². The van der Waals surface area contributed by atoms with Gasteiger partial charge in [0.15, 0.2) is 5.82 Å². The van der Waals surface area contributed by atoms with Crippen molar-refractivity contribution in [1.82, 2.24) is 14.8 Å². The molecule has 0 bridgehead atoms. The van der Waals surface area contributed by atoms with Gasteiger partial charge in [-0.2, -0.15) is 4.98 Å². The first-order valence-corrected chi connectivity index (χ1v) is 11.8. The third-order valence-corrected chi connectivity index (χ3v) is 6.29. The van der Waals surface area contributed by atoms with Gasteiger partial charge in [0.2, 0.25) is 5.95 Å². The summed E-state index contributed by atoms with van der Waals surface area (Å²) in [4.78, 5) is 18.5. The Hall–Kier alpha value is -4.86. The number of nitrogens with one attached hydrogen (secondary N) is 2. The molecule has 0 spiro atoms. The molecule has 0 radical (unpaired) electrons. The zero-order valence-corrected chi connectivity index (χ0v) is 21.3. The van der Waals surface area contributed by atoms with Gasteiger partial charge in [0.05, 0.1) is 32.6 Å². The van der Waals surface area contributed by atoms with Crippen LogP contribution in [0.2, 0.25) is 0 Å². The lowest BCUT2D eigenvalue weighted by Gasteiger charge is -2.29. The molecule has 9 nitrogen and oxygen atoms in total. The van der Waals surface area contributed by atoms with E-state index in [2.05, 4.69) is 15.6 Å². The predicted octanol–water partition coefficient (Wildman–Crippen LogP) is 5.04. The first-order chi connectivity index (χ1) is 18.4. The number of para-hydroxylation sites is 2. The molecule has 1 aliphatic heterocycles. The van der Waals surface area contributed by atoms with E-state index < -0.39 is 6.04 Å². The number of benzene rings is 3. The summed E-state index contributed by atoms with van der Waals surface area (Å²) in [5, 5.41) is 10.9. The number of amides is 1. The van der Waals surface area contributed by atoms with E-state index >= 15 is 0 Å². The summed E-state index contributed by atoms with van der Waals surface area (Å²) in [6.07, 6.45) is 0. The minimum Gasteiger partial charge on any atom is -0.497 e. The van der Waals surface area contributed by atoms with Crippen LogP contribution in [0.4, 0.5) is 16.0 Å². The molecular weight excluding hydrogens is 489 g/mol. The highest BCUT2D eigenvalue weighted by molar-refractivity contribution is 6.06. The average molecular weight is 516 g/mol.